The first-order valence-corrected chi connectivity index (χ1v) is 17.7. The lowest BCUT2D eigenvalue weighted by molar-refractivity contribution is -0.122. The van der Waals surface area contributed by atoms with Gasteiger partial charge in [0.1, 0.15) is 18.1 Å². The van der Waals surface area contributed by atoms with E-state index in [2.05, 4.69) is 16.4 Å². The van der Waals surface area contributed by atoms with Gasteiger partial charge < -0.3 is 19.9 Å². The number of benzene rings is 4. The average Bonchev–Trinajstić information content (AvgIpc) is 3.71. The maximum atomic E-state index is 14.3. The molecule has 4 atom stereocenters. The van der Waals surface area contributed by atoms with Crippen LogP contribution >= 0.6 is 0 Å². The molecule has 0 unspecified atom stereocenters. The molecule has 2 aliphatic heterocycles. The van der Waals surface area contributed by atoms with Crippen molar-refractivity contribution < 1.29 is 24.2 Å². The van der Waals surface area contributed by atoms with Crippen LogP contribution in [0, 0.1) is 17.8 Å². The van der Waals surface area contributed by atoms with Gasteiger partial charge in [-0.15, -0.1) is 0 Å². The van der Waals surface area contributed by atoms with Gasteiger partial charge in [-0.2, -0.15) is 0 Å². The zero-order valence-electron chi connectivity index (χ0n) is 28.6. The van der Waals surface area contributed by atoms with Crippen LogP contribution in [-0.4, -0.2) is 41.2 Å². The molecule has 4 aromatic carbocycles. The van der Waals surface area contributed by atoms with Crippen molar-refractivity contribution in [1.29, 1.82) is 0 Å². The highest BCUT2D eigenvalue weighted by atomic mass is 16.5. The van der Waals surface area contributed by atoms with Gasteiger partial charge in [0.05, 0.1) is 35.9 Å². The average molecular weight is 690 g/mol. The fraction of sp³-hybridized carbons (Fsp3) is 0.205. The van der Waals surface area contributed by atoms with Gasteiger partial charge in [-0.25, -0.2) is 0 Å². The van der Waals surface area contributed by atoms with Gasteiger partial charge in [-0.3, -0.25) is 19.5 Å². The topological polar surface area (TPSA) is 101 Å². The Morgan fingerprint density at radius 1 is 0.846 bits per heavy atom. The third kappa shape index (κ3) is 6.85. The summed E-state index contributed by atoms with van der Waals surface area (Å²) in [6.45, 7) is 0.671. The molecule has 2 fully saturated rings. The number of aromatic nitrogens is 1. The van der Waals surface area contributed by atoms with Crippen LogP contribution in [0.25, 0.3) is 11.6 Å². The summed E-state index contributed by atoms with van der Waals surface area (Å²) in [5.74, 6) is -0.631. The standard InChI is InChI=1S/C44H39N3O5/c48-35-13-9-10-29(25-35)24-30(39-16-7-8-23-45-39)17-22-40-41-31(27-51-36-14-5-2-6-15-36)26-37-42(38(41)28-52-40)44(50)47(43(37)49)34-20-18-33(19-21-34)46-32-11-3-1-4-12-32/h1-16,18-21,23-25,37-38,40,42,46,48H,17,22,26-28H2/b30-24-/t37-,38+,40-,42-/m1/s1. The molecule has 0 spiro atoms. The van der Waals surface area contributed by atoms with Crippen molar-refractivity contribution in [3.63, 3.8) is 0 Å². The van der Waals surface area contributed by atoms with Crippen LogP contribution in [0.2, 0.25) is 0 Å². The van der Waals surface area contributed by atoms with Crippen molar-refractivity contribution in [2.75, 3.05) is 23.4 Å². The number of fused-ring (bicyclic) bond motifs is 3. The molecule has 260 valence electrons. The number of nitrogens with zero attached hydrogens (tertiary/aromatic N) is 2. The quantitative estimate of drug-likeness (QED) is 0.106. The molecule has 3 aliphatic rings. The number of ether oxygens (including phenoxy) is 2. The molecule has 2 amide bonds. The van der Waals surface area contributed by atoms with Gasteiger partial charge >= 0.3 is 0 Å². The summed E-state index contributed by atoms with van der Waals surface area (Å²) in [4.78, 5) is 34.4. The van der Waals surface area contributed by atoms with E-state index in [4.69, 9.17) is 9.47 Å². The lowest BCUT2D eigenvalue weighted by atomic mass is 9.69. The Labute approximate surface area is 303 Å². The van der Waals surface area contributed by atoms with E-state index in [9.17, 15) is 14.7 Å². The highest BCUT2D eigenvalue weighted by Crippen LogP contribution is 2.51. The number of amides is 2. The first kappa shape index (κ1) is 33.2. The summed E-state index contributed by atoms with van der Waals surface area (Å²) in [6, 6.07) is 40.0. The minimum atomic E-state index is -0.506. The molecule has 2 saturated heterocycles. The second-order valence-corrected chi connectivity index (χ2v) is 13.5. The molecule has 0 saturated carbocycles. The number of hydrogen-bond acceptors (Lipinski definition) is 7. The fourth-order valence-corrected chi connectivity index (χ4v) is 7.86. The number of pyridine rings is 1. The molecule has 1 aliphatic carbocycles. The maximum absolute atomic E-state index is 14.3. The molecular weight excluding hydrogens is 650 g/mol. The molecule has 3 heterocycles. The van der Waals surface area contributed by atoms with Crippen molar-refractivity contribution in [3.05, 3.63) is 156 Å². The number of allylic oxidation sites excluding steroid dienone is 1. The predicted molar refractivity (Wildman–Crippen MR) is 202 cm³/mol. The van der Waals surface area contributed by atoms with Gasteiger partial charge in [0, 0.05) is 23.5 Å². The number of nitrogens with one attached hydrogen (secondary N) is 1. The van der Waals surface area contributed by atoms with Crippen LogP contribution in [0.4, 0.5) is 17.1 Å². The van der Waals surface area contributed by atoms with Crippen molar-refractivity contribution in [3.8, 4) is 11.5 Å². The monoisotopic (exact) mass is 689 g/mol. The number of carbonyl (C=O) groups is 2. The summed E-state index contributed by atoms with van der Waals surface area (Å²) in [5, 5.41) is 13.5. The molecule has 0 bridgehead atoms. The number of hydrogen-bond donors (Lipinski definition) is 2. The second-order valence-electron chi connectivity index (χ2n) is 13.5. The van der Waals surface area contributed by atoms with E-state index in [0.29, 0.717) is 38.2 Å². The van der Waals surface area contributed by atoms with E-state index in [1.807, 2.05) is 115 Å². The lowest BCUT2D eigenvalue weighted by Crippen LogP contribution is -2.35. The Hall–Kier alpha value is -5.99. The molecular formula is C44H39N3O5. The molecule has 8 heteroatoms. The van der Waals surface area contributed by atoms with Gasteiger partial charge in [-0.1, -0.05) is 54.6 Å². The first-order chi connectivity index (χ1) is 25.5. The maximum Gasteiger partial charge on any atom is 0.238 e. The third-order valence-corrected chi connectivity index (χ3v) is 10.2. The van der Waals surface area contributed by atoms with Crippen molar-refractivity contribution >= 4 is 40.5 Å². The van der Waals surface area contributed by atoms with Crippen molar-refractivity contribution in [2.45, 2.75) is 25.4 Å². The molecule has 52 heavy (non-hydrogen) atoms. The van der Waals surface area contributed by atoms with Crippen LogP contribution in [0.1, 0.15) is 30.5 Å². The van der Waals surface area contributed by atoms with Crippen LogP contribution in [-0.2, 0) is 14.3 Å². The van der Waals surface area contributed by atoms with Gasteiger partial charge in [-0.05, 0) is 120 Å². The summed E-state index contributed by atoms with van der Waals surface area (Å²) in [6.07, 6.45) is 5.31. The van der Waals surface area contributed by atoms with Gasteiger partial charge in [0.25, 0.3) is 0 Å². The predicted octanol–water partition coefficient (Wildman–Crippen LogP) is 8.45. The van der Waals surface area contributed by atoms with E-state index < -0.39 is 11.8 Å². The van der Waals surface area contributed by atoms with Crippen LogP contribution in [0.15, 0.2) is 145 Å². The number of phenolic OH excluding ortho intramolecular Hbond substituents is 1. The second kappa shape index (κ2) is 14.7. The Kier molecular flexibility index (Phi) is 9.38. The van der Waals surface area contributed by atoms with E-state index in [1.54, 1.807) is 18.3 Å². The van der Waals surface area contributed by atoms with Crippen LogP contribution < -0.4 is 15.0 Å². The minimum absolute atomic E-state index is 0.175. The molecule has 0 radical (unpaired) electrons. The van der Waals surface area contributed by atoms with Crippen LogP contribution in [0.5, 0.6) is 11.5 Å². The number of rotatable bonds is 11. The number of aromatic hydroxyl groups is 1. The lowest BCUT2D eigenvalue weighted by Gasteiger charge is -2.31. The zero-order valence-corrected chi connectivity index (χ0v) is 28.6. The number of phenols is 1. The Morgan fingerprint density at radius 3 is 2.35 bits per heavy atom. The number of para-hydroxylation sites is 2. The Bertz CT molecular complexity index is 2120. The Balaban J connectivity index is 1.07. The minimum Gasteiger partial charge on any atom is -0.508 e. The SMILES string of the molecule is O=C1[C@@H]2[C@@H](CC(COc3ccccc3)=C3[C@@H](CC/C(=C/c4cccc(O)c4)c4ccccn4)OC[C@@H]32)C(=O)N1c1ccc(Nc2ccccc2)cc1. The largest absolute Gasteiger partial charge is 0.508 e. The van der Waals surface area contributed by atoms with Crippen molar-refractivity contribution in [2.24, 2.45) is 17.8 Å². The number of carbonyl (C=O) groups excluding carboxylic acids is 2. The fourth-order valence-electron chi connectivity index (χ4n) is 7.86. The van der Waals surface area contributed by atoms with Crippen molar-refractivity contribution in [1.82, 2.24) is 4.98 Å². The molecule has 1 aromatic heterocycles. The Morgan fingerprint density at radius 2 is 1.60 bits per heavy atom. The molecule has 8 rings (SSSR count). The van der Waals surface area contributed by atoms with E-state index in [0.717, 1.165) is 45.1 Å². The number of imide groups is 1. The summed E-state index contributed by atoms with van der Waals surface area (Å²) < 4.78 is 12.8. The molecule has 2 N–H and O–H groups in total. The van der Waals surface area contributed by atoms with Gasteiger partial charge in [0.15, 0.2) is 0 Å². The van der Waals surface area contributed by atoms with Gasteiger partial charge in [0.2, 0.25) is 11.8 Å². The third-order valence-electron chi connectivity index (χ3n) is 10.2. The van der Waals surface area contributed by atoms with E-state index >= 15 is 0 Å². The summed E-state index contributed by atoms with van der Waals surface area (Å²) >= 11 is 0. The van der Waals surface area contributed by atoms with Crippen LogP contribution in [0.3, 0.4) is 0 Å². The summed E-state index contributed by atoms with van der Waals surface area (Å²) in [5.41, 5.74) is 7.24. The normalized spacial score (nSPS) is 21.2. The summed E-state index contributed by atoms with van der Waals surface area (Å²) in [7, 11) is 0. The number of anilines is 3. The highest BCUT2D eigenvalue weighted by molar-refractivity contribution is 6.22. The van der Waals surface area contributed by atoms with E-state index in [-0.39, 0.29) is 29.6 Å². The first-order valence-electron chi connectivity index (χ1n) is 17.7. The highest BCUT2D eigenvalue weighted by Gasteiger charge is 2.57. The molecule has 5 aromatic rings. The smallest absolute Gasteiger partial charge is 0.238 e. The zero-order chi connectivity index (χ0) is 35.4. The molecule has 8 nitrogen and oxygen atoms in total. The van der Waals surface area contributed by atoms with E-state index in [1.165, 1.54) is 4.90 Å².